The van der Waals surface area contributed by atoms with Crippen molar-refractivity contribution in [3.05, 3.63) is 48.5 Å². The van der Waals surface area contributed by atoms with Gasteiger partial charge in [0, 0.05) is 56.6 Å². The summed E-state index contributed by atoms with van der Waals surface area (Å²) in [5.41, 5.74) is 1.97. The molecule has 0 radical (unpaired) electrons. The molecule has 0 aliphatic carbocycles. The molecule has 4 heterocycles. The molecule has 2 aliphatic rings. The molecule has 0 amide bonds. The Bertz CT molecular complexity index is 1200. The van der Waals surface area contributed by atoms with E-state index >= 15 is 0 Å². The third-order valence-corrected chi connectivity index (χ3v) is 7.75. The zero-order valence-corrected chi connectivity index (χ0v) is 22.9. The van der Waals surface area contributed by atoms with Gasteiger partial charge in [-0.3, -0.25) is 4.98 Å². The average Bonchev–Trinajstić information content (AvgIpc) is 2.98. The van der Waals surface area contributed by atoms with E-state index in [4.69, 9.17) is 21.7 Å². The number of hydrogen-bond donors (Lipinski definition) is 2. The van der Waals surface area contributed by atoms with Gasteiger partial charge in [-0.25, -0.2) is 9.97 Å². The Labute approximate surface area is 229 Å². The molecule has 2 aliphatic heterocycles. The van der Waals surface area contributed by atoms with Gasteiger partial charge in [-0.15, -0.1) is 0 Å². The number of piperidine rings is 1. The third-order valence-electron chi connectivity index (χ3n) is 7.35. The summed E-state index contributed by atoms with van der Waals surface area (Å²) >= 11 is 5.65. The Kier molecular flexibility index (Phi) is 9.03. The lowest BCUT2D eigenvalue weighted by Gasteiger charge is -2.37. The van der Waals surface area contributed by atoms with Crippen LogP contribution >= 0.6 is 12.2 Å². The first-order valence-electron chi connectivity index (χ1n) is 13.5. The minimum absolute atomic E-state index is 0.672. The molecule has 2 N–H and O–H groups in total. The molecular formula is C28H37N7O2S. The van der Waals surface area contributed by atoms with E-state index in [1.54, 1.807) is 19.6 Å². The van der Waals surface area contributed by atoms with Gasteiger partial charge in [0.25, 0.3) is 0 Å². The maximum absolute atomic E-state index is 6.16. The highest BCUT2D eigenvalue weighted by Crippen LogP contribution is 2.35. The summed E-state index contributed by atoms with van der Waals surface area (Å²) < 4.78 is 11.9. The van der Waals surface area contributed by atoms with Gasteiger partial charge >= 0.3 is 0 Å². The van der Waals surface area contributed by atoms with Crippen LogP contribution in [0.15, 0.2) is 43.0 Å². The molecule has 1 aromatic carbocycles. The predicted octanol–water partition coefficient (Wildman–Crippen LogP) is 3.39. The second kappa shape index (κ2) is 13.0. The van der Waals surface area contributed by atoms with E-state index in [-0.39, 0.29) is 0 Å². The molecule has 1 atom stereocenters. The zero-order chi connectivity index (χ0) is 26.2. The molecule has 0 spiro atoms. The molecule has 2 aromatic heterocycles. The number of benzene rings is 1. The first kappa shape index (κ1) is 26.4. The Morgan fingerprint density at radius 2 is 2.08 bits per heavy atom. The minimum Gasteiger partial charge on any atom is -0.493 e. The van der Waals surface area contributed by atoms with Crippen molar-refractivity contribution in [1.82, 2.24) is 30.5 Å². The first-order chi connectivity index (χ1) is 18.7. The van der Waals surface area contributed by atoms with Crippen LogP contribution in [0.5, 0.6) is 11.5 Å². The highest BCUT2D eigenvalue weighted by molar-refractivity contribution is 7.80. The number of thiocarbonyl (C=S) groups is 1. The van der Waals surface area contributed by atoms with E-state index in [1.807, 2.05) is 30.5 Å². The van der Waals surface area contributed by atoms with Gasteiger partial charge in [0.2, 0.25) is 0 Å². The predicted molar refractivity (Wildman–Crippen MR) is 154 cm³/mol. The fourth-order valence-corrected chi connectivity index (χ4v) is 5.47. The number of nitrogens with one attached hydrogen (secondary N) is 2. The molecule has 3 aromatic rings. The van der Waals surface area contributed by atoms with Gasteiger partial charge in [0.1, 0.15) is 12.1 Å². The van der Waals surface area contributed by atoms with Crippen LogP contribution in [0.2, 0.25) is 0 Å². The maximum Gasteiger partial charge on any atom is 0.169 e. The van der Waals surface area contributed by atoms with Crippen molar-refractivity contribution in [2.45, 2.75) is 32.2 Å². The van der Waals surface area contributed by atoms with Crippen LogP contribution in [0, 0.1) is 5.92 Å². The SMILES string of the molecule is COc1cc2c(N3CCN(C(=S)NCc4cccnc4)CC3)ncnc2cc1OCCCC1CCCNC1. The molecule has 202 valence electrons. The topological polar surface area (TPSA) is 87.7 Å². The van der Waals surface area contributed by atoms with E-state index in [0.717, 1.165) is 84.8 Å². The molecule has 10 heteroatoms. The highest BCUT2D eigenvalue weighted by atomic mass is 32.1. The summed E-state index contributed by atoms with van der Waals surface area (Å²) in [6.07, 6.45) is 10.1. The lowest BCUT2D eigenvalue weighted by atomic mass is 9.95. The van der Waals surface area contributed by atoms with Crippen LogP contribution in [-0.2, 0) is 6.54 Å². The molecule has 2 fully saturated rings. The van der Waals surface area contributed by atoms with Gasteiger partial charge in [-0.2, -0.15) is 0 Å². The molecule has 5 rings (SSSR count). The largest absolute Gasteiger partial charge is 0.493 e. The Morgan fingerprint density at radius 3 is 2.84 bits per heavy atom. The van der Waals surface area contributed by atoms with Crippen LogP contribution in [0.4, 0.5) is 5.82 Å². The molecule has 0 bridgehead atoms. The first-order valence-corrected chi connectivity index (χ1v) is 13.9. The van der Waals surface area contributed by atoms with Crippen LogP contribution in [0.1, 0.15) is 31.2 Å². The second-order valence-corrected chi connectivity index (χ2v) is 10.3. The molecular weight excluding hydrogens is 498 g/mol. The Balaban J connectivity index is 1.18. The van der Waals surface area contributed by atoms with Gasteiger partial charge in [-0.1, -0.05) is 6.07 Å². The molecule has 2 saturated heterocycles. The highest BCUT2D eigenvalue weighted by Gasteiger charge is 2.22. The normalized spacial score (nSPS) is 17.9. The van der Waals surface area contributed by atoms with E-state index in [1.165, 1.54) is 19.3 Å². The van der Waals surface area contributed by atoms with Crippen molar-refractivity contribution in [2.75, 3.05) is 57.9 Å². The van der Waals surface area contributed by atoms with Gasteiger partial charge in [0.15, 0.2) is 16.6 Å². The number of ether oxygens (including phenoxy) is 2. The van der Waals surface area contributed by atoms with E-state index in [0.29, 0.717) is 18.9 Å². The lowest BCUT2D eigenvalue weighted by molar-refractivity contribution is 0.264. The van der Waals surface area contributed by atoms with Crippen molar-refractivity contribution in [1.29, 1.82) is 0 Å². The van der Waals surface area contributed by atoms with E-state index < -0.39 is 0 Å². The number of methoxy groups -OCH3 is 1. The van der Waals surface area contributed by atoms with Crippen LogP contribution in [0.25, 0.3) is 10.9 Å². The minimum atomic E-state index is 0.672. The number of aromatic nitrogens is 3. The van der Waals surface area contributed by atoms with Crippen LogP contribution in [-0.4, -0.2) is 77.9 Å². The standard InChI is InChI=1S/C28H37N7O2S/c1-36-25-15-23-24(16-26(25)37-14-4-7-21-5-2-8-29-17-21)32-20-33-27(23)34-10-12-35(13-11-34)28(38)31-19-22-6-3-9-30-18-22/h3,6,9,15-16,18,20-21,29H,2,4-5,7-8,10-14,17,19H2,1H3,(H,31,38). The number of nitrogens with zero attached hydrogens (tertiary/aromatic N) is 5. The molecule has 9 nitrogen and oxygen atoms in total. The lowest BCUT2D eigenvalue weighted by Crippen LogP contribution is -2.51. The van der Waals surface area contributed by atoms with Gasteiger partial charge in [-0.05, 0) is 74.6 Å². The summed E-state index contributed by atoms with van der Waals surface area (Å²) in [5.74, 6) is 3.13. The maximum atomic E-state index is 6.16. The fourth-order valence-electron chi connectivity index (χ4n) is 5.21. The fraction of sp³-hybridized carbons (Fsp3) is 0.500. The zero-order valence-electron chi connectivity index (χ0n) is 22.1. The number of hydrogen-bond acceptors (Lipinski definition) is 8. The van der Waals surface area contributed by atoms with Crippen molar-refractivity contribution < 1.29 is 9.47 Å². The second-order valence-electron chi connectivity index (χ2n) is 9.91. The van der Waals surface area contributed by atoms with E-state index in [9.17, 15) is 0 Å². The summed E-state index contributed by atoms with van der Waals surface area (Å²) in [7, 11) is 1.68. The number of pyridine rings is 1. The molecule has 38 heavy (non-hydrogen) atoms. The molecule has 1 unspecified atom stereocenters. The smallest absolute Gasteiger partial charge is 0.169 e. The summed E-state index contributed by atoms with van der Waals surface area (Å²) in [5, 5.41) is 8.58. The number of fused-ring (bicyclic) bond motifs is 1. The Morgan fingerprint density at radius 1 is 1.18 bits per heavy atom. The van der Waals surface area contributed by atoms with Crippen molar-refractivity contribution in [3.63, 3.8) is 0 Å². The van der Waals surface area contributed by atoms with Crippen molar-refractivity contribution in [3.8, 4) is 11.5 Å². The van der Waals surface area contributed by atoms with Crippen molar-refractivity contribution >= 4 is 34.1 Å². The summed E-state index contributed by atoms with van der Waals surface area (Å²) in [4.78, 5) is 17.9. The number of rotatable bonds is 9. The average molecular weight is 536 g/mol. The molecule has 0 saturated carbocycles. The van der Waals surface area contributed by atoms with E-state index in [2.05, 4.69) is 35.4 Å². The summed E-state index contributed by atoms with van der Waals surface area (Å²) in [6.45, 7) is 6.89. The van der Waals surface area contributed by atoms with Crippen LogP contribution < -0.4 is 25.0 Å². The third kappa shape index (κ3) is 6.60. The van der Waals surface area contributed by atoms with Crippen molar-refractivity contribution in [2.24, 2.45) is 5.92 Å². The van der Waals surface area contributed by atoms with Crippen LogP contribution in [0.3, 0.4) is 0 Å². The van der Waals surface area contributed by atoms with Gasteiger partial charge in [0.05, 0.1) is 19.2 Å². The summed E-state index contributed by atoms with van der Waals surface area (Å²) in [6, 6.07) is 7.97. The number of anilines is 1. The number of piperazine rings is 1. The monoisotopic (exact) mass is 535 g/mol. The Hall–Kier alpha value is -3.24. The van der Waals surface area contributed by atoms with Gasteiger partial charge < -0.3 is 29.9 Å². The quantitative estimate of drug-likeness (QED) is 0.314.